The number of halogens is 1. The second kappa shape index (κ2) is 15.3. The van der Waals surface area contributed by atoms with Crippen molar-refractivity contribution in [3.63, 3.8) is 0 Å². The number of benzene rings is 2. The van der Waals surface area contributed by atoms with Crippen molar-refractivity contribution in [2.75, 3.05) is 19.0 Å². The number of H-pyrrole nitrogens is 2. The van der Waals surface area contributed by atoms with Crippen LogP contribution in [0.5, 0.6) is 11.5 Å². The third-order valence-electron chi connectivity index (χ3n) is 8.11. The maximum Gasteiger partial charge on any atom is 0.235 e. The molecule has 0 unspecified atom stereocenters. The molecule has 0 aliphatic carbocycles. The minimum atomic E-state index is 0.364. The van der Waals surface area contributed by atoms with Gasteiger partial charge in [-0.1, -0.05) is 40.9 Å². The first kappa shape index (κ1) is 32.3. The van der Waals surface area contributed by atoms with Crippen LogP contribution in [0.25, 0.3) is 49.4 Å². The van der Waals surface area contributed by atoms with Gasteiger partial charge in [0.25, 0.3) is 0 Å². The molecule has 238 valence electrons. The number of nitriles is 1. The molecule has 0 saturated carbocycles. The number of nitrogens with one attached hydrogen (secondary N) is 2. The lowest BCUT2D eigenvalue weighted by Crippen LogP contribution is -2.11. The quantitative estimate of drug-likeness (QED) is 0.0773. The maximum atomic E-state index is 10.6. The fourth-order valence-electron chi connectivity index (χ4n) is 5.76. The monoisotopic (exact) mass is 696 g/mol. The number of rotatable bonds is 12. The number of unbranched alkanes of at least 4 members (excludes halogenated alkanes) is 3. The highest BCUT2D eigenvalue weighted by Gasteiger charge is 2.22. The minimum Gasteiger partial charge on any atom is -0.497 e. The summed E-state index contributed by atoms with van der Waals surface area (Å²) in [4.78, 5) is 20.2. The Hall–Kier alpha value is -5.64. The summed E-state index contributed by atoms with van der Waals surface area (Å²) >= 11 is 3.49. The molecule has 0 amide bonds. The molecule has 9 heteroatoms. The minimum absolute atomic E-state index is 0.364. The van der Waals surface area contributed by atoms with E-state index >= 15 is 0 Å². The second-order valence-corrected chi connectivity index (χ2v) is 11.9. The van der Waals surface area contributed by atoms with Crippen LogP contribution in [-0.4, -0.2) is 39.0 Å². The molecule has 0 saturated heterocycles. The van der Waals surface area contributed by atoms with Crippen LogP contribution in [0.15, 0.2) is 97.3 Å². The van der Waals surface area contributed by atoms with Gasteiger partial charge in [0.05, 0.1) is 53.8 Å². The van der Waals surface area contributed by atoms with Crippen molar-refractivity contribution in [1.29, 1.82) is 5.26 Å². The Kier molecular flexibility index (Phi) is 10.3. The first-order valence-electron chi connectivity index (χ1n) is 15.7. The summed E-state index contributed by atoms with van der Waals surface area (Å²) in [5, 5.41) is 14.3. The summed E-state index contributed by atoms with van der Waals surface area (Å²) in [6.07, 6.45) is 7.83. The molecule has 8 nitrogen and oxygen atoms in total. The van der Waals surface area contributed by atoms with E-state index < -0.39 is 0 Å². The van der Waals surface area contributed by atoms with E-state index in [1.165, 1.54) is 12.8 Å². The van der Waals surface area contributed by atoms with E-state index in [9.17, 15) is 5.26 Å². The molecule has 0 bridgehead atoms. The van der Waals surface area contributed by atoms with E-state index in [0.717, 1.165) is 63.0 Å². The van der Waals surface area contributed by atoms with Crippen LogP contribution in [-0.2, 0) is 0 Å². The summed E-state index contributed by atoms with van der Waals surface area (Å²) in [7, 11) is 1.63. The normalized spacial score (nSPS) is 12.2. The van der Waals surface area contributed by atoms with Crippen molar-refractivity contribution in [1.82, 2.24) is 19.9 Å². The van der Waals surface area contributed by atoms with Crippen LogP contribution in [0.3, 0.4) is 0 Å². The molecule has 0 aliphatic heterocycles. The summed E-state index contributed by atoms with van der Waals surface area (Å²) in [5.74, 6) is 1.51. The van der Waals surface area contributed by atoms with E-state index in [1.54, 1.807) is 19.5 Å². The molecular weight excluding hydrogens is 664 g/mol. The highest BCUT2D eigenvalue weighted by Crippen LogP contribution is 2.33. The Balaban J connectivity index is 1.63. The van der Waals surface area contributed by atoms with Crippen molar-refractivity contribution >= 4 is 38.0 Å². The van der Waals surface area contributed by atoms with Gasteiger partial charge >= 0.3 is 0 Å². The van der Waals surface area contributed by atoms with Gasteiger partial charge in [-0.05, 0) is 96.8 Å². The van der Waals surface area contributed by atoms with Crippen LogP contribution < -0.4 is 20.2 Å². The fourth-order valence-corrected chi connectivity index (χ4v) is 6.16. The lowest BCUT2D eigenvalue weighted by Gasteiger charge is -2.07. The summed E-state index contributed by atoms with van der Waals surface area (Å²) in [6.45, 7) is 8.93. The number of alkyl halides is 1. The van der Waals surface area contributed by atoms with Gasteiger partial charge in [-0.3, -0.25) is 9.97 Å². The topological polar surface area (TPSA) is 104 Å². The Morgan fingerprint density at radius 2 is 1.35 bits per heavy atom. The summed E-state index contributed by atoms with van der Waals surface area (Å²) in [6, 6.07) is 29.1. The smallest absolute Gasteiger partial charge is 0.235 e. The Labute approximate surface area is 287 Å². The molecule has 4 heterocycles. The second-order valence-electron chi connectivity index (χ2n) is 11.1. The average Bonchev–Trinajstić information content (AvgIpc) is 3.71. The molecule has 0 spiro atoms. The zero-order chi connectivity index (χ0) is 33.3. The first-order valence-corrected chi connectivity index (χ1v) is 16.8. The van der Waals surface area contributed by atoms with Crippen molar-refractivity contribution < 1.29 is 9.47 Å². The van der Waals surface area contributed by atoms with E-state index in [0.29, 0.717) is 40.0 Å². The average molecular weight is 698 g/mol. The van der Waals surface area contributed by atoms with E-state index in [4.69, 9.17) is 16.0 Å². The number of aromatic amines is 2. The van der Waals surface area contributed by atoms with Crippen molar-refractivity contribution in [3.05, 3.63) is 131 Å². The highest BCUT2D eigenvalue weighted by atomic mass is 79.9. The van der Waals surface area contributed by atoms with Gasteiger partial charge in [0.2, 0.25) is 5.70 Å². The number of methoxy groups -OCH3 is 1. The number of hydrogen-bond acceptors (Lipinski definition) is 5. The number of pyridine rings is 2. The van der Waals surface area contributed by atoms with Crippen LogP contribution in [0.2, 0.25) is 0 Å². The Morgan fingerprint density at radius 1 is 0.771 bits per heavy atom. The molecule has 6 rings (SSSR count). The number of fused-ring (bicyclic) bond motifs is 1. The van der Waals surface area contributed by atoms with Gasteiger partial charge in [0.15, 0.2) is 0 Å². The van der Waals surface area contributed by atoms with Crippen LogP contribution in [0, 0.1) is 17.9 Å². The van der Waals surface area contributed by atoms with Gasteiger partial charge in [-0.25, -0.2) is 4.85 Å². The third-order valence-corrected chi connectivity index (χ3v) is 8.67. The molecule has 48 heavy (non-hydrogen) atoms. The molecule has 2 aromatic carbocycles. The zero-order valence-electron chi connectivity index (χ0n) is 26.5. The van der Waals surface area contributed by atoms with Crippen LogP contribution in [0.4, 0.5) is 0 Å². The molecule has 0 radical (unpaired) electrons. The predicted octanol–water partition coefficient (Wildman–Crippen LogP) is 7.76. The van der Waals surface area contributed by atoms with Crippen molar-refractivity contribution in [2.45, 2.75) is 25.7 Å². The highest BCUT2D eigenvalue weighted by molar-refractivity contribution is 9.09. The standard InChI is InChI=1S/C39H33BrN6O2/c1-42-38(32-12-6-9-23-44-32)39-34-33(35(46-39)26-13-17-28(47-2)18-14-26)37(30(25-41)31-11-5-8-22-43-31)45-36(34)27-15-19-29(20-16-27)48-24-10-4-3-7-21-40/h5-6,8-9,11-20,22-23,45-46H,3-4,7,10,21,24H2,2H3/b37-30-,39-38+. The van der Waals surface area contributed by atoms with Gasteiger partial charge in [0, 0.05) is 28.5 Å². The summed E-state index contributed by atoms with van der Waals surface area (Å²) < 4.78 is 11.5. The SMILES string of the molecule is [C-]#[N+]/C(c1ccccn1)=c1/[nH]c(-c2ccc(OC)cc2)c2/c(=C(\C#N)c3ccccn3)[nH]c(-c3ccc(OCCCCCCBr)cc3)c12. The maximum absolute atomic E-state index is 10.6. The molecule has 0 fully saturated rings. The Morgan fingerprint density at radius 3 is 1.92 bits per heavy atom. The Bertz CT molecular complexity index is 2150. The lowest BCUT2D eigenvalue weighted by molar-refractivity contribution is 0.305. The van der Waals surface area contributed by atoms with Gasteiger partial charge in [-0.15, -0.1) is 0 Å². The predicted molar refractivity (Wildman–Crippen MR) is 193 cm³/mol. The van der Waals surface area contributed by atoms with E-state index in [1.807, 2.05) is 84.9 Å². The molecule has 0 aliphatic rings. The molecule has 0 atom stereocenters. The molecule has 4 aromatic heterocycles. The summed E-state index contributed by atoms with van der Waals surface area (Å²) in [5.41, 5.74) is 5.08. The number of ether oxygens (including phenoxy) is 2. The third kappa shape index (κ3) is 6.73. The van der Waals surface area contributed by atoms with Gasteiger partial charge in [0.1, 0.15) is 23.1 Å². The molecular formula is C39H33BrN6O2. The molecule has 2 N–H and O–H groups in total. The van der Waals surface area contributed by atoms with E-state index in [-0.39, 0.29) is 0 Å². The molecule has 6 aromatic rings. The van der Waals surface area contributed by atoms with Crippen molar-refractivity contribution in [2.24, 2.45) is 0 Å². The number of hydrogen-bond donors (Lipinski definition) is 2. The number of nitrogens with zero attached hydrogens (tertiary/aromatic N) is 4. The fraction of sp³-hybridized carbons (Fsp3) is 0.179. The van der Waals surface area contributed by atoms with Gasteiger partial charge in [-0.2, -0.15) is 5.26 Å². The van der Waals surface area contributed by atoms with Crippen molar-refractivity contribution in [3.8, 4) is 40.1 Å². The lowest BCUT2D eigenvalue weighted by atomic mass is 10.0. The zero-order valence-corrected chi connectivity index (χ0v) is 28.0. The number of aromatic nitrogens is 4. The van der Waals surface area contributed by atoms with Crippen LogP contribution in [0.1, 0.15) is 37.1 Å². The first-order chi connectivity index (χ1) is 23.7. The van der Waals surface area contributed by atoms with Gasteiger partial charge < -0.3 is 19.4 Å². The largest absolute Gasteiger partial charge is 0.497 e. The van der Waals surface area contributed by atoms with Crippen LogP contribution >= 0.6 is 15.9 Å². The van der Waals surface area contributed by atoms with E-state index in [2.05, 4.69) is 46.8 Å².